The second kappa shape index (κ2) is 6.21. The van der Waals surface area contributed by atoms with Gasteiger partial charge in [0, 0.05) is 24.5 Å². The van der Waals surface area contributed by atoms with Crippen LogP contribution in [0.1, 0.15) is 24.0 Å². The van der Waals surface area contributed by atoms with Crippen LogP contribution in [0.15, 0.2) is 48.5 Å². The molecule has 1 aliphatic rings. The van der Waals surface area contributed by atoms with Crippen molar-refractivity contribution in [1.82, 2.24) is 0 Å². The number of piperidine rings is 1. The highest BCUT2D eigenvalue weighted by Crippen LogP contribution is 2.27. The first kappa shape index (κ1) is 14.0. The maximum absolute atomic E-state index is 5.97. The molecule has 1 heterocycles. The summed E-state index contributed by atoms with van der Waals surface area (Å²) in [4.78, 5) is 2.48. The molecule has 2 heteroatoms. The average molecular weight is 280 g/mol. The zero-order chi connectivity index (χ0) is 14.7. The first-order valence-electron chi connectivity index (χ1n) is 7.87. The lowest BCUT2D eigenvalue weighted by Gasteiger charge is -2.34. The van der Waals surface area contributed by atoms with Crippen LogP contribution in [0.25, 0.3) is 0 Å². The van der Waals surface area contributed by atoms with E-state index in [0.29, 0.717) is 0 Å². The molecule has 2 aromatic rings. The summed E-state index contributed by atoms with van der Waals surface area (Å²) in [6.45, 7) is 4.39. The van der Waals surface area contributed by atoms with Crippen molar-refractivity contribution in [2.24, 2.45) is 5.92 Å². The quantitative estimate of drug-likeness (QED) is 0.860. The fraction of sp³-hybridized carbons (Fsp3) is 0.368. The first-order valence-corrected chi connectivity index (χ1v) is 7.87. The van der Waals surface area contributed by atoms with Gasteiger partial charge >= 0.3 is 0 Å². The van der Waals surface area contributed by atoms with Gasteiger partial charge in [-0.3, -0.25) is 0 Å². The van der Waals surface area contributed by atoms with Gasteiger partial charge in [-0.05, 0) is 61.4 Å². The fourth-order valence-corrected chi connectivity index (χ4v) is 3.32. The minimum Gasteiger partial charge on any atom is -0.399 e. The molecule has 0 unspecified atom stereocenters. The summed E-state index contributed by atoms with van der Waals surface area (Å²) in [5.41, 5.74) is 10.8. The van der Waals surface area contributed by atoms with Crippen LogP contribution in [0.3, 0.4) is 0 Å². The van der Waals surface area contributed by atoms with E-state index in [4.69, 9.17) is 5.73 Å². The molecule has 0 spiro atoms. The monoisotopic (exact) mass is 280 g/mol. The van der Waals surface area contributed by atoms with Crippen LogP contribution in [-0.4, -0.2) is 13.1 Å². The number of aryl methyl sites for hydroxylation is 1. The Morgan fingerprint density at radius 1 is 1.05 bits per heavy atom. The molecule has 1 fully saturated rings. The summed E-state index contributed by atoms with van der Waals surface area (Å²) in [5.74, 6) is 0.811. The van der Waals surface area contributed by atoms with E-state index in [2.05, 4.69) is 54.3 Å². The Balaban J connectivity index is 1.60. The summed E-state index contributed by atoms with van der Waals surface area (Å²) in [6.07, 6.45) is 3.75. The Hall–Kier alpha value is -1.96. The second-order valence-electron chi connectivity index (χ2n) is 6.22. The van der Waals surface area contributed by atoms with Crippen molar-refractivity contribution in [1.29, 1.82) is 0 Å². The van der Waals surface area contributed by atoms with Crippen LogP contribution in [0.2, 0.25) is 0 Å². The summed E-state index contributed by atoms with van der Waals surface area (Å²) >= 11 is 0. The third-order valence-electron chi connectivity index (χ3n) is 4.43. The van der Waals surface area contributed by atoms with Crippen molar-refractivity contribution in [3.8, 4) is 0 Å². The van der Waals surface area contributed by atoms with Crippen LogP contribution in [0.5, 0.6) is 0 Å². The molecule has 110 valence electrons. The van der Waals surface area contributed by atoms with Crippen LogP contribution in [-0.2, 0) is 6.42 Å². The molecule has 3 rings (SSSR count). The Labute approximate surface area is 127 Å². The van der Waals surface area contributed by atoms with Crippen molar-refractivity contribution < 1.29 is 0 Å². The number of nitrogens with two attached hydrogens (primary N) is 1. The molecule has 1 saturated heterocycles. The summed E-state index contributed by atoms with van der Waals surface area (Å²) in [7, 11) is 0. The normalized spacial score (nSPS) is 16.1. The van der Waals surface area contributed by atoms with E-state index in [-0.39, 0.29) is 0 Å². The van der Waals surface area contributed by atoms with Gasteiger partial charge in [0.25, 0.3) is 0 Å². The largest absolute Gasteiger partial charge is 0.399 e. The van der Waals surface area contributed by atoms with Gasteiger partial charge in [-0.2, -0.15) is 0 Å². The molecular weight excluding hydrogens is 256 g/mol. The number of benzene rings is 2. The Morgan fingerprint density at radius 3 is 2.43 bits per heavy atom. The first-order chi connectivity index (χ1) is 10.2. The van der Waals surface area contributed by atoms with Gasteiger partial charge in [0.05, 0.1) is 0 Å². The van der Waals surface area contributed by atoms with E-state index in [1.54, 1.807) is 0 Å². The molecule has 0 aromatic heterocycles. The lowest BCUT2D eigenvalue weighted by molar-refractivity contribution is 0.404. The van der Waals surface area contributed by atoms with Crippen molar-refractivity contribution in [3.63, 3.8) is 0 Å². The van der Waals surface area contributed by atoms with Gasteiger partial charge < -0.3 is 10.6 Å². The lowest BCUT2D eigenvalue weighted by atomic mass is 9.90. The molecule has 2 N–H and O–H groups in total. The van der Waals surface area contributed by atoms with Crippen molar-refractivity contribution in [2.75, 3.05) is 23.7 Å². The second-order valence-corrected chi connectivity index (χ2v) is 6.22. The SMILES string of the molecule is Cc1cc(N)cc(N2CCC(Cc3ccccc3)CC2)c1. The predicted octanol–water partition coefficient (Wildman–Crippen LogP) is 4.04. The van der Waals surface area contributed by atoms with Crippen LogP contribution in [0.4, 0.5) is 11.4 Å². The number of anilines is 2. The zero-order valence-corrected chi connectivity index (χ0v) is 12.8. The van der Waals surface area contributed by atoms with E-state index in [1.165, 1.54) is 36.1 Å². The van der Waals surface area contributed by atoms with Gasteiger partial charge in [0.1, 0.15) is 0 Å². The van der Waals surface area contributed by atoms with Crippen molar-refractivity contribution in [3.05, 3.63) is 59.7 Å². The molecule has 2 nitrogen and oxygen atoms in total. The van der Waals surface area contributed by atoms with Gasteiger partial charge in [-0.1, -0.05) is 30.3 Å². The molecular formula is C19H24N2. The van der Waals surface area contributed by atoms with Crippen LogP contribution in [0, 0.1) is 12.8 Å². The van der Waals surface area contributed by atoms with E-state index in [1.807, 2.05) is 6.07 Å². The van der Waals surface area contributed by atoms with E-state index >= 15 is 0 Å². The Bertz CT molecular complexity index is 564. The van der Waals surface area contributed by atoms with Crippen molar-refractivity contribution in [2.45, 2.75) is 26.2 Å². The highest BCUT2D eigenvalue weighted by molar-refractivity contribution is 5.58. The molecule has 0 amide bonds. The number of rotatable bonds is 3. The van der Waals surface area contributed by atoms with E-state index < -0.39 is 0 Å². The number of nitrogen functional groups attached to an aromatic ring is 1. The van der Waals surface area contributed by atoms with E-state index in [0.717, 1.165) is 24.7 Å². The number of nitrogens with zero attached hydrogens (tertiary/aromatic N) is 1. The molecule has 0 bridgehead atoms. The maximum Gasteiger partial charge on any atom is 0.0389 e. The number of hydrogen-bond acceptors (Lipinski definition) is 2. The van der Waals surface area contributed by atoms with Gasteiger partial charge in [0.15, 0.2) is 0 Å². The van der Waals surface area contributed by atoms with Crippen LogP contribution >= 0.6 is 0 Å². The molecule has 21 heavy (non-hydrogen) atoms. The smallest absolute Gasteiger partial charge is 0.0389 e. The average Bonchev–Trinajstić information content (AvgIpc) is 2.48. The third-order valence-corrected chi connectivity index (χ3v) is 4.43. The van der Waals surface area contributed by atoms with Gasteiger partial charge in [-0.25, -0.2) is 0 Å². The van der Waals surface area contributed by atoms with Gasteiger partial charge in [0.2, 0.25) is 0 Å². The Morgan fingerprint density at radius 2 is 1.76 bits per heavy atom. The zero-order valence-electron chi connectivity index (χ0n) is 12.8. The number of hydrogen-bond donors (Lipinski definition) is 1. The van der Waals surface area contributed by atoms with E-state index in [9.17, 15) is 0 Å². The minimum absolute atomic E-state index is 0.811. The summed E-state index contributed by atoms with van der Waals surface area (Å²) in [6, 6.07) is 17.2. The molecule has 0 radical (unpaired) electrons. The molecule has 0 aliphatic carbocycles. The fourth-order valence-electron chi connectivity index (χ4n) is 3.32. The topological polar surface area (TPSA) is 29.3 Å². The molecule has 2 aromatic carbocycles. The predicted molar refractivity (Wildman–Crippen MR) is 90.7 cm³/mol. The molecule has 0 atom stereocenters. The molecule has 0 saturated carbocycles. The minimum atomic E-state index is 0.811. The van der Waals surface area contributed by atoms with Gasteiger partial charge in [-0.15, -0.1) is 0 Å². The highest BCUT2D eigenvalue weighted by atomic mass is 15.1. The summed E-state index contributed by atoms with van der Waals surface area (Å²) in [5, 5.41) is 0. The molecule has 1 aliphatic heterocycles. The third kappa shape index (κ3) is 3.57. The highest BCUT2D eigenvalue weighted by Gasteiger charge is 2.19. The standard InChI is InChI=1S/C19H24N2/c1-15-11-18(20)14-19(12-15)21-9-7-17(8-10-21)13-16-5-3-2-4-6-16/h2-6,11-12,14,17H,7-10,13,20H2,1H3. The lowest BCUT2D eigenvalue weighted by Crippen LogP contribution is -2.34. The Kier molecular flexibility index (Phi) is 4.14. The van der Waals surface area contributed by atoms with Crippen molar-refractivity contribution >= 4 is 11.4 Å². The maximum atomic E-state index is 5.97. The van der Waals surface area contributed by atoms with Crippen LogP contribution < -0.4 is 10.6 Å². The summed E-state index contributed by atoms with van der Waals surface area (Å²) < 4.78 is 0.